The summed E-state index contributed by atoms with van der Waals surface area (Å²) >= 11 is 1.51. The molecule has 0 spiro atoms. The molecular formula is C21H40N4O6S. The Bertz CT molecular complexity index is 629. The predicted molar refractivity (Wildman–Crippen MR) is 125 cm³/mol. The van der Waals surface area contributed by atoms with Crippen LogP contribution in [0, 0.1) is 11.8 Å². The van der Waals surface area contributed by atoms with Crippen LogP contribution in [0.4, 0.5) is 0 Å². The third-order valence-corrected chi connectivity index (χ3v) is 5.34. The van der Waals surface area contributed by atoms with E-state index in [1.54, 1.807) is 0 Å². The maximum Gasteiger partial charge on any atom is 0.328 e. The van der Waals surface area contributed by atoms with Gasteiger partial charge in [-0.2, -0.15) is 11.8 Å². The van der Waals surface area contributed by atoms with Crippen LogP contribution in [0.1, 0.15) is 53.9 Å². The molecule has 0 saturated carbocycles. The number of aliphatic hydroxyl groups excluding tert-OH is 1. The summed E-state index contributed by atoms with van der Waals surface area (Å²) < 4.78 is 0. The van der Waals surface area contributed by atoms with E-state index in [1.807, 2.05) is 34.0 Å². The first-order valence-corrected chi connectivity index (χ1v) is 12.3. The van der Waals surface area contributed by atoms with Crippen LogP contribution in [0.3, 0.4) is 0 Å². The van der Waals surface area contributed by atoms with Gasteiger partial charge in [0.2, 0.25) is 17.7 Å². The molecule has 186 valence electrons. The fourth-order valence-corrected chi connectivity index (χ4v) is 3.49. The Morgan fingerprint density at radius 3 is 1.78 bits per heavy atom. The Morgan fingerprint density at radius 2 is 1.34 bits per heavy atom. The van der Waals surface area contributed by atoms with Crippen molar-refractivity contribution in [3.05, 3.63) is 0 Å². The number of hydrogen-bond donors (Lipinski definition) is 6. The van der Waals surface area contributed by atoms with Crippen LogP contribution in [0.25, 0.3) is 0 Å². The number of thioether (sulfide) groups is 1. The zero-order valence-electron chi connectivity index (χ0n) is 19.9. The van der Waals surface area contributed by atoms with Crippen LogP contribution in [0.15, 0.2) is 0 Å². The molecule has 0 aliphatic rings. The van der Waals surface area contributed by atoms with Crippen LogP contribution in [-0.2, 0) is 19.2 Å². The van der Waals surface area contributed by atoms with Crippen molar-refractivity contribution in [2.45, 2.75) is 84.2 Å². The van der Waals surface area contributed by atoms with Crippen LogP contribution in [-0.4, -0.2) is 76.2 Å². The number of rotatable bonds is 15. The fraction of sp³-hybridized carbons (Fsp3) is 0.810. The summed E-state index contributed by atoms with van der Waals surface area (Å²) in [6.07, 6.45) is 1.62. The number of carboxylic acid groups (broad SMARTS) is 1. The van der Waals surface area contributed by atoms with Crippen molar-refractivity contribution in [2.75, 3.05) is 12.0 Å². The predicted octanol–water partition coefficient (Wildman–Crippen LogP) is 0.0788. The normalized spacial score (nSPS) is 16.1. The second kappa shape index (κ2) is 15.1. The van der Waals surface area contributed by atoms with Gasteiger partial charge in [-0.1, -0.05) is 27.7 Å². The summed E-state index contributed by atoms with van der Waals surface area (Å²) in [5.41, 5.74) is 5.93. The Kier molecular flexibility index (Phi) is 14.2. The zero-order chi connectivity index (χ0) is 25.0. The van der Waals surface area contributed by atoms with Crippen molar-refractivity contribution in [1.29, 1.82) is 0 Å². The zero-order valence-corrected chi connectivity index (χ0v) is 20.7. The molecule has 0 aromatic heterocycles. The molecule has 0 saturated heterocycles. The van der Waals surface area contributed by atoms with Gasteiger partial charge in [0, 0.05) is 0 Å². The minimum absolute atomic E-state index is 0.0135. The largest absolute Gasteiger partial charge is 0.480 e. The molecule has 0 fully saturated rings. The molecule has 0 bridgehead atoms. The monoisotopic (exact) mass is 476 g/mol. The van der Waals surface area contributed by atoms with Gasteiger partial charge in [-0.25, -0.2) is 4.79 Å². The first kappa shape index (κ1) is 30.1. The average molecular weight is 477 g/mol. The summed E-state index contributed by atoms with van der Waals surface area (Å²) in [7, 11) is 0. The number of aliphatic hydroxyl groups is 1. The second-order valence-corrected chi connectivity index (χ2v) is 9.82. The first-order chi connectivity index (χ1) is 14.8. The van der Waals surface area contributed by atoms with Gasteiger partial charge >= 0.3 is 5.97 Å². The molecule has 5 atom stereocenters. The van der Waals surface area contributed by atoms with Crippen LogP contribution in [0.2, 0.25) is 0 Å². The lowest BCUT2D eigenvalue weighted by molar-refractivity contribution is -0.145. The summed E-state index contributed by atoms with van der Waals surface area (Å²) in [6, 6.07) is -4.17. The molecular weight excluding hydrogens is 436 g/mol. The Morgan fingerprint density at radius 1 is 0.844 bits per heavy atom. The van der Waals surface area contributed by atoms with E-state index < -0.39 is 54.0 Å². The lowest BCUT2D eigenvalue weighted by Gasteiger charge is -2.26. The Hall–Kier alpha value is -1.85. The van der Waals surface area contributed by atoms with Crippen LogP contribution in [0.5, 0.6) is 0 Å². The topological polar surface area (TPSA) is 171 Å². The number of nitrogens with one attached hydrogen (secondary N) is 3. The quantitative estimate of drug-likeness (QED) is 0.193. The summed E-state index contributed by atoms with van der Waals surface area (Å²) in [6.45, 7) is 8.85. The van der Waals surface area contributed by atoms with Gasteiger partial charge in [0.15, 0.2) is 6.04 Å². The minimum atomic E-state index is -1.50. The number of carbonyl (C=O) groups is 4. The van der Waals surface area contributed by atoms with E-state index >= 15 is 0 Å². The number of aliphatic carboxylic acids is 1. The molecule has 7 N–H and O–H groups in total. The summed E-state index contributed by atoms with van der Waals surface area (Å²) in [5, 5.41) is 26.4. The molecule has 3 amide bonds. The minimum Gasteiger partial charge on any atom is -0.480 e. The van der Waals surface area contributed by atoms with E-state index in [4.69, 9.17) is 5.73 Å². The van der Waals surface area contributed by atoms with Crippen molar-refractivity contribution >= 4 is 35.5 Å². The molecule has 0 rings (SSSR count). The smallest absolute Gasteiger partial charge is 0.328 e. The van der Waals surface area contributed by atoms with Gasteiger partial charge in [0.1, 0.15) is 12.1 Å². The van der Waals surface area contributed by atoms with Gasteiger partial charge in [-0.05, 0) is 50.0 Å². The van der Waals surface area contributed by atoms with Gasteiger partial charge in [0.05, 0.1) is 12.1 Å². The lowest BCUT2D eigenvalue weighted by atomic mass is 10.0. The highest BCUT2D eigenvalue weighted by molar-refractivity contribution is 7.98. The molecule has 0 aromatic carbocycles. The van der Waals surface area contributed by atoms with E-state index in [9.17, 15) is 29.4 Å². The summed E-state index contributed by atoms with van der Waals surface area (Å²) in [4.78, 5) is 49.4. The summed E-state index contributed by atoms with van der Waals surface area (Å²) in [5.74, 6) is -2.26. The third kappa shape index (κ3) is 11.7. The van der Waals surface area contributed by atoms with Crippen LogP contribution < -0.4 is 21.7 Å². The van der Waals surface area contributed by atoms with Gasteiger partial charge in [-0.15, -0.1) is 0 Å². The first-order valence-electron chi connectivity index (χ1n) is 10.9. The van der Waals surface area contributed by atoms with Crippen molar-refractivity contribution in [1.82, 2.24) is 16.0 Å². The molecule has 32 heavy (non-hydrogen) atoms. The van der Waals surface area contributed by atoms with Crippen molar-refractivity contribution in [3.63, 3.8) is 0 Å². The molecule has 11 heteroatoms. The number of hydrogen-bond acceptors (Lipinski definition) is 7. The average Bonchev–Trinajstić information content (AvgIpc) is 2.66. The van der Waals surface area contributed by atoms with Crippen molar-refractivity contribution < 1.29 is 29.4 Å². The Labute approximate surface area is 194 Å². The number of nitrogens with two attached hydrogens (primary N) is 1. The maximum atomic E-state index is 13.0. The fourth-order valence-electron chi connectivity index (χ4n) is 3.02. The van der Waals surface area contributed by atoms with Crippen LogP contribution >= 0.6 is 11.8 Å². The third-order valence-electron chi connectivity index (χ3n) is 4.69. The molecule has 0 aliphatic carbocycles. The SMILES string of the molecule is CSCCC(NC(=O)C(N)CC(C)C)C(=O)NC(CC(C)C)C(=O)NC(C(=O)O)C(C)O. The molecule has 0 aliphatic heterocycles. The molecule has 0 aromatic rings. The van der Waals surface area contributed by atoms with Gasteiger partial charge in [-0.3, -0.25) is 14.4 Å². The second-order valence-electron chi connectivity index (χ2n) is 8.83. The molecule has 5 unspecified atom stereocenters. The number of carbonyl (C=O) groups excluding carboxylic acids is 3. The number of carboxylic acids is 1. The molecule has 0 heterocycles. The van der Waals surface area contributed by atoms with E-state index in [2.05, 4.69) is 16.0 Å². The van der Waals surface area contributed by atoms with E-state index in [-0.39, 0.29) is 18.3 Å². The maximum absolute atomic E-state index is 13.0. The highest BCUT2D eigenvalue weighted by Crippen LogP contribution is 2.09. The Balaban J connectivity index is 5.44. The standard InChI is InChI=1S/C21H40N4O6S/c1-11(2)9-14(22)18(27)23-15(7-8-32-6)19(28)24-16(10-12(3)4)20(29)25-17(13(5)26)21(30)31/h11-17,26H,7-10,22H2,1-6H3,(H,23,27)(H,24,28)(H,25,29)(H,30,31). The molecule has 10 nitrogen and oxygen atoms in total. The highest BCUT2D eigenvalue weighted by Gasteiger charge is 2.32. The molecule has 0 radical (unpaired) electrons. The van der Waals surface area contributed by atoms with Gasteiger partial charge in [0.25, 0.3) is 0 Å². The number of amides is 3. The van der Waals surface area contributed by atoms with E-state index in [0.29, 0.717) is 18.6 Å². The van der Waals surface area contributed by atoms with E-state index in [1.165, 1.54) is 18.7 Å². The van der Waals surface area contributed by atoms with Crippen molar-refractivity contribution in [2.24, 2.45) is 17.6 Å². The van der Waals surface area contributed by atoms with Crippen molar-refractivity contribution in [3.8, 4) is 0 Å². The van der Waals surface area contributed by atoms with Gasteiger partial charge < -0.3 is 31.9 Å². The lowest BCUT2D eigenvalue weighted by Crippen LogP contribution is -2.58. The highest BCUT2D eigenvalue weighted by atomic mass is 32.2. The van der Waals surface area contributed by atoms with E-state index in [0.717, 1.165) is 0 Å².